The number of aliphatic hydroxyl groups is 1. The van der Waals surface area contributed by atoms with Crippen LogP contribution < -0.4 is 0 Å². The van der Waals surface area contributed by atoms with Crippen LogP contribution in [0.3, 0.4) is 0 Å². The first-order valence-electron chi connectivity index (χ1n) is 6.34. The molecule has 0 fully saturated rings. The lowest BCUT2D eigenvalue weighted by Crippen LogP contribution is -2.42. The molecule has 1 amide bonds. The van der Waals surface area contributed by atoms with Crippen molar-refractivity contribution in [1.82, 2.24) is 9.80 Å². The highest BCUT2D eigenvalue weighted by molar-refractivity contribution is 5.78. The Morgan fingerprint density at radius 3 is 2.83 bits per heavy atom. The number of aliphatic hydroxyl groups excluding tert-OH is 1. The van der Waals surface area contributed by atoms with Crippen molar-refractivity contribution in [3.05, 3.63) is 35.4 Å². The van der Waals surface area contributed by atoms with Crippen molar-refractivity contribution < 1.29 is 9.90 Å². The molecule has 2 rings (SSSR count). The molecule has 0 bridgehead atoms. The number of hydrogen-bond acceptors (Lipinski definition) is 3. The van der Waals surface area contributed by atoms with Gasteiger partial charge in [0.05, 0.1) is 13.2 Å². The van der Waals surface area contributed by atoms with Gasteiger partial charge in [0.1, 0.15) is 0 Å². The maximum absolute atomic E-state index is 12.1. The van der Waals surface area contributed by atoms with Gasteiger partial charge in [-0.15, -0.1) is 0 Å². The lowest BCUT2D eigenvalue weighted by molar-refractivity contribution is -0.133. The normalized spacial score (nSPS) is 14.7. The van der Waals surface area contributed by atoms with E-state index in [-0.39, 0.29) is 12.5 Å². The van der Waals surface area contributed by atoms with Crippen molar-refractivity contribution in [2.75, 3.05) is 33.3 Å². The highest BCUT2D eigenvalue weighted by Gasteiger charge is 2.20. The molecule has 1 aliphatic rings. The second kappa shape index (κ2) is 5.98. The van der Waals surface area contributed by atoms with E-state index in [0.29, 0.717) is 19.6 Å². The molecule has 98 valence electrons. The van der Waals surface area contributed by atoms with E-state index in [1.807, 2.05) is 29.0 Å². The second-order valence-electron chi connectivity index (χ2n) is 4.80. The monoisotopic (exact) mass is 248 g/mol. The largest absolute Gasteiger partial charge is 0.395 e. The second-order valence-corrected chi connectivity index (χ2v) is 4.80. The van der Waals surface area contributed by atoms with Crippen LogP contribution in [0.5, 0.6) is 0 Å². The van der Waals surface area contributed by atoms with Gasteiger partial charge >= 0.3 is 0 Å². The first-order valence-corrected chi connectivity index (χ1v) is 6.34. The topological polar surface area (TPSA) is 43.8 Å². The van der Waals surface area contributed by atoms with E-state index in [1.54, 1.807) is 0 Å². The molecule has 4 nitrogen and oxygen atoms in total. The summed E-state index contributed by atoms with van der Waals surface area (Å²) in [4.78, 5) is 15.8. The van der Waals surface area contributed by atoms with Crippen molar-refractivity contribution in [2.45, 2.75) is 13.0 Å². The number of amides is 1. The number of nitrogens with zero attached hydrogens (tertiary/aromatic N) is 2. The van der Waals surface area contributed by atoms with Gasteiger partial charge in [-0.2, -0.15) is 0 Å². The van der Waals surface area contributed by atoms with E-state index in [2.05, 4.69) is 12.1 Å². The molecule has 1 aromatic carbocycles. The average molecular weight is 248 g/mol. The Balaban J connectivity index is 1.94. The van der Waals surface area contributed by atoms with Crippen LogP contribution in [-0.2, 0) is 17.8 Å². The molecule has 0 atom stereocenters. The van der Waals surface area contributed by atoms with Gasteiger partial charge in [0, 0.05) is 19.6 Å². The van der Waals surface area contributed by atoms with E-state index in [9.17, 15) is 4.79 Å². The number of likely N-dealkylation sites (N-methyl/N-ethyl adjacent to an activating group) is 1. The number of rotatable bonds is 4. The maximum atomic E-state index is 12.1. The maximum Gasteiger partial charge on any atom is 0.237 e. The Hall–Kier alpha value is -1.39. The fraction of sp³-hybridized carbons (Fsp3) is 0.500. The average Bonchev–Trinajstić information content (AvgIpc) is 2.38. The van der Waals surface area contributed by atoms with Crippen LogP contribution in [0.25, 0.3) is 0 Å². The Bertz CT molecular complexity index is 420. The molecular formula is C14H20N2O2. The fourth-order valence-electron chi connectivity index (χ4n) is 2.29. The van der Waals surface area contributed by atoms with Gasteiger partial charge in [-0.25, -0.2) is 0 Å². The summed E-state index contributed by atoms with van der Waals surface area (Å²) in [6, 6.07) is 8.29. The molecule has 0 saturated carbocycles. The summed E-state index contributed by atoms with van der Waals surface area (Å²) in [7, 11) is 1.85. The first kappa shape index (κ1) is 13.1. The van der Waals surface area contributed by atoms with Crippen LogP contribution in [0, 0.1) is 0 Å². The highest BCUT2D eigenvalue weighted by atomic mass is 16.3. The van der Waals surface area contributed by atoms with Gasteiger partial charge < -0.3 is 10.0 Å². The number of carbonyl (C=O) groups is 1. The molecule has 0 aliphatic carbocycles. The Morgan fingerprint density at radius 1 is 1.39 bits per heavy atom. The van der Waals surface area contributed by atoms with Crippen LogP contribution in [0.2, 0.25) is 0 Å². The van der Waals surface area contributed by atoms with E-state index in [1.165, 1.54) is 11.1 Å². The minimum Gasteiger partial charge on any atom is -0.395 e. The molecule has 1 heterocycles. The van der Waals surface area contributed by atoms with Crippen molar-refractivity contribution in [2.24, 2.45) is 0 Å². The van der Waals surface area contributed by atoms with Gasteiger partial charge in [0.25, 0.3) is 0 Å². The van der Waals surface area contributed by atoms with Crippen LogP contribution in [-0.4, -0.2) is 54.1 Å². The van der Waals surface area contributed by atoms with Gasteiger partial charge in [0.15, 0.2) is 0 Å². The van der Waals surface area contributed by atoms with Gasteiger partial charge in [0.2, 0.25) is 5.91 Å². The molecule has 0 spiro atoms. The highest BCUT2D eigenvalue weighted by Crippen LogP contribution is 2.18. The van der Waals surface area contributed by atoms with Gasteiger partial charge in [-0.05, 0) is 24.6 Å². The molecule has 0 unspecified atom stereocenters. The lowest BCUT2D eigenvalue weighted by atomic mass is 10.00. The summed E-state index contributed by atoms with van der Waals surface area (Å²) in [5.41, 5.74) is 2.60. The predicted octanol–water partition coefficient (Wildman–Crippen LogP) is 0.495. The van der Waals surface area contributed by atoms with E-state index >= 15 is 0 Å². The summed E-state index contributed by atoms with van der Waals surface area (Å²) < 4.78 is 0. The summed E-state index contributed by atoms with van der Waals surface area (Å²) >= 11 is 0. The molecule has 1 N–H and O–H groups in total. The summed E-state index contributed by atoms with van der Waals surface area (Å²) in [6.07, 6.45) is 0.936. The molecule has 1 aliphatic heterocycles. The van der Waals surface area contributed by atoms with Crippen LogP contribution in [0.4, 0.5) is 0 Å². The third-order valence-corrected chi connectivity index (χ3v) is 3.37. The van der Waals surface area contributed by atoms with Crippen molar-refractivity contribution in [1.29, 1.82) is 0 Å². The molecule has 18 heavy (non-hydrogen) atoms. The summed E-state index contributed by atoms with van der Waals surface area (Å²) in [5, 5.41) is 8.82. The zero-order valence-electron chi connectivity index (χ0n) is 10.8. The lowest BCUT2D eigenvalue weighted by Gasteiger charge is -2.30. The summed E-state index contributed by atoms with van der Waals surface area (Å²) in [6.45, 7) is 2.51. The Kier molecular flexibility index (Phi) is 4.33. The van der Waals surface area contributed by atoms with Gasteiger partial charge in [-0.3, -0.25) is 9.69 Å². The molecular weight excluding hydrogens is 228 g/mol. The molecule has 0 aromatic heterocycles. The van der Waals surface area contributed by atoms with E-state index in [0.717, 1.165) is 13.0 Å². The predicted molar refractivity (Wildman–Crippen MR) is 70.1 cm³/mol. The van der Waals surface area contributed by atoms with Crippen LogP contribution in [0.15, 0.2) is 24.3 Å². The minimum atomic E-state index is 0.0899. The molecule has 0 saturated heterocycles. The third kappa shape index (κ3) is 3.09. The molecule has 4 heteroatoms. The SMILES string of the molecule is CN(CCO)CC(=O)N1CCc2ccccc2C1. The Labute approximate surface area is 108 Å². The number of hydrogen-bond donors (Lipinski definition) is 1. The third-order valence-electron chi connectivity index (χ3n) is 3.37. The number of fused-ring (bicyclic) bond motifs is 1. The zero-order valence-corrected chi connectivity index (χ0v) is 10.8. The number of carbonyl (C=O) groups excluding carboxylic acids is 1. The van der Waals surface area contributed by atoms with Crippen molar-refractivity contribution >= 4 is 5.91 Å². The standard InChI is InChI=1S/C14H20N2O2/c1-15(8-9-17)11-14(18)16-7-6-12-4-2-3-5-13(12)10-16/h2-5,17H,6-11H2,1H3. The van der Waals surface area contributed by atoms with E-state index in [4.69, 9.17) is 5.11 Å². The zero-order chi connectivity index (χ0) is 13.0. The first-order chi connectivity index (χ1) is 8.70. The molecule has 0 radical (unpaired) electrons. The minimum absolute atomic E-state index is 0.0899. The Morgan fingerprint density at radius 2 is 2.11 bits per heavy atom. The number of benzene rings is 1. The van der Waals surface area contributed by atoms with Crippen LogP contribution >= 0.6 is 0 Å². The van der Waals surface area contributed by atoms with E-state index < -0.39 is 0 Å². The van der Waals surface area contributed by atoms with Crippen molar-refractivity contribution in [3.63, 3.8) is 0 Å². The van der Waals surface area contributed by atoms with Gasteiger partial charge in [-0.1, -0.05) is 24.3 Å². The molecule has 1 aromatic rings. The summed E-state index contributed by atoms with van der Waals surface area (Å²) in [5.74, 6) is 0.139. The van der Waals surface area contributed by atoms with Crippen molar-refractivity contribution in [3.8, 4) is 0 Å². The fourth-order valence-corrected chi connectivity index (χ4v) is 2.29. The van der Waals surface area contributed by atoms with Crippen LogP contribution in [0.1, 0.15) is 11.1 Å². The smallest absolute Gasteiger partial charge is 0.237 e. The quantitative estimate of drug-likeness (QED) is 0.843.